The zero-order chi connectivity index (χ0) is 19.1. The van der Waals surface area contributed by atoms with Crippen molar-refractivity contribution in [3.63, 3.8) is 0 Å². The Morgan fingerprint density at radius 1 is 1.07 bits per heavy atom. The molecule has 2 aromatic carbocycles. The summed E-state index contributed by atoms with van der Waals surface area (Å²) < 4.78 is 24.3. The maximum absolute atomic E-state index is 13.1. The van der Waals surface area contributed by atoms with E-state index in [0.717, 1.165) is 44.0 Å². The lowest BCUT2D eigenvalue weighted by molar-refractivity contribution is 0.120. The van der Waals surface area contributed by atoms with Crippen molar-refractivity contribution in [2.45, 2.75) is 31.5 Å². The predicted octanol–water partition coefficient (Wildman–Crippen LogP) is 3.01. The number of hydrogen-bond donors (Lipinski definition) is 0. The molecule has 5 rings (SSSR count). The number of benzene rings is 2. The van der Waals surface area contributed by atoms with E-state index in [9.17, 15) is 9.18 Å². The summed E-state index contributed by atoms with van der Waals surface area (Å²) in [6.07, 6.45) is 1.37. The minimum Gasteiger partial charge on any atom is -0.493 e. The molecule has 0 radical (unpaired) electrons. The standard InChI is InChI=1S/C22H23FN2O3/c23-18-4-1-15(2-5-18)7-9-25-19-13-24(14-21(19)28-22(25)26)12-16-3-6-20-17(11-16)8-10-27-20/h1-6,11,19,21H,7-10,12-14H2/t19-,21+/m0/s1. The van der Waals surface area contributed by atoms with Gasteiger partial charge in [0.25, 0.3) is 0 Å². The average Bonchev–Trinajstić information content (AvgIpc) is 3.36. The maximum atomic E-state index is 13.1. The van der Waals surface area contributed by atoms with Crippen molar-refractivity contribution in [1.29, 1.82) is 0 Å². The normalized spacial score (nSPS) is 23.5. The van der Waals surface area contributed by atoms with Gasteiger partial charge in [0.15, 0.2) is 0 Å². The Balaban J connectivity index is 1.21. The molecule has 3 heterocycles. The fraction of sp³-hybridized carbons (Fsp3) is 0.409. The molecule has 2 atom stereocenters. The summed E-state index contributed by atoms with van der Waals surface area (Å²) in [5.41, 5.74) is 3.57. The molecule has 2 fully saturated rings. The van der Waals surface area contributed by atoms with Gasteiger partial charge in [-0.3, -0.25) is 9.80 Å². The van der Waals surface area contributed by atoms with Crippen LogP contribution in [0.4, 0.5) is 9.18 Å². The van der Waals surface area contributed by atoms with Gasteiger partial charge in [0, 0.05) is 32.6 Å². The van der Waals surface area contributed by atoms with Crippen molar-refractivity contribution in [2.75, 3.05) is 26.2 Å². The van der Waals surface area contributed by atoms with Gasteiger partial charge in [-0.25, -0.2) is 9.18 Å². The van der Waals surface area contributed by atoms with Gasteiger partial charge in [0.05, 0.1) is 12.6 Å². The van der Waals surface area contributed by atoms with E-state index < -0.39 is 0 Å². The zero-order valence-corrected chi connectivity index (χ0v) is 15.6. The van der Waals surface area contributed by atoms with Crippen LogP contribution >= 0.6 is 0 Å². The molecule has 0 aliphatic carbocycles. The monoisotopic (exact) mass is 382 g/mol. The molecule has 0 saturated carbocycles. The highest BCUT2D eigenvalue weighted by molar-refractivity contribution is 5.71. The van der Waals surface area contributed by atoms with Crippen molar-refractivity contribution < 1.29 is 18.7 Å². The van der Waals surface area contributed by atoms with Gasteiger partial charge in [-0.2, -0.15) is 0 Å². The lowest BCUT2D eigenvalue weighted by atomic mass is 10.1. The topological polar surface area (TPSA) is 42.0 Å². The first-order valence-electron chi connectivity index (χ1n) is 9.84. The second-order valence-corrected chi connectivity index (χ2v) is 7.79. The Bertz CT molecular complexity index is 886. The lowest BCUT2D eigenvalue weighted by Gasteiger charge is -2.22. The van der Waals surface area contributed by atoms with Crippen LogP contribution in [-0.2, 0) is 24.1 Å². The fourth-order valence-corrected chi connectivity index (χ4v) is 4.46. The molecule has 146 valence electrons. The van der Waals surface area contributed by atoms with Crippen LogP contribution in [0.2, 0.25) is 0 Å². The van der Waals surface area contributed by atoms with E-state index >= 15 is 0 Å². The zero-order valence-electron chi connectivity index (χ0n) is 15.6. The van der Waals surface area contributed by atoms with E-state index in [1.807, 2.05) is 4.90 Å². The minimum absolute atomic E-state index is 0.0709. The third-order valence-electron chi connectivity index (χ3n) is 5.91. The molecule has 2 aromatic rings. The molecule has 1 amide bonds. The number of ether oxygens (including phenoxy) is 2. The Morgan fingerprint density at radius 2 is 1.89 bits per heavy atom. The van der Waals surface area contributed by atoms with Crippen LogP contribution in [0.1, 0.15) is 16.7 Å². The van der Waals surface area contributed by atoms with Crippen molar-refractivity contribution >= 4 is 6.09 Å². The molecule has 0 N–H and O–H groups in total. The third kappa shape index (κ3) is 3.33. The largest absolute Gasteiger partial charge is 0.493 e. The third-order valence-corrected chi connectivity index (χ3v) is 5.91. The van der Waals surface area contributed by atoms with E-state index in [1.165, 1.54) is 23.3 Å². The quantitative estimate of drug-likeness (QED) is 0.797. The Labute approximate surface area is 163 Å². The van der Waals surface area contributed by atoms with Gasteiger partial charge in [0.1, 0.15) is 17.7 Å². The van der Waals surface area contributed by atoms with Gasteiger partial charge >= 0.3 is 6.09 Å². The Hall–Kier alpha value is -2.60. The fourth-order valence-electron chi connectivity index (χ4n) is 4.46. The molecular weight excluding hydrogens is 359 g/mol. The van der Waals surface area contributed by atoms with E-state index in [-0.39, 0.29) is 24.1 Å². The van der Waals surface area contributed by atoms with E-state index in [4.69, 9.17) is 9.47 Å². The first-order chi connectivity index (χ1) is 13.7. The number of hydrogen-bond acceptors (Lipinski definition) is 4. The highest BCUT2D eigenvalue weighted by atomic mass is 19.1. The number of nitrogens with zero attached hydrogens (tertiary/aromatic N) is 2. The van der Waals surface area contributed by atoms with Crippen LogP contribution in [0.25, 0.3) is 0 Å². The predicted molar refractivity (Wildman–Crippen MR) is 102 cm³/mol. The molecule has 5 nitrogen and oxygen atoms in total. The van der Waals surface area contributed by atoms with Crippen LogP contribution in [0.3, 0.4) is 0 Å². The molecular formula is C22H23FN2O3. The molecule has 2 saturated heterocycles. The molecule has 3 aliphatic rings. The van der Waals surface area contributed by atoms with Crippen molar-refractivity contribution in [3.8, 4) is 5.75 Å². The summed E-state index contributed by atoms with van der Waals surface area (Å²) in [4.78, 5) is 16.5. The second kappa shape index (κ2) is 7.09. The number of carbonyl (C=O) groups excluding carboxylic acids is 1. The number of rotatable bonds is 5. The number of likely N-dealkylation sites (tertiary alicyclic amines) is 1. The summed E-state index contributed by atoms with van der Waals surface area (Å²) in [6, 6.07) is 13.0. The van der Waals surface area contributed by atoms with Crippen molar-refractivity contribution in [1.82, 2.24) is 9.80 Å². The van der Waals surface area contributed by atoms with Crippen LogP contribution in [0, 0.1) is 5.82 Å². The van der Waals surface area contributed by atoms with Gasteiger partial charge < -0.3 is 9.47 Å². The van der Waals surface area contributed by atoms with Gasteiger partial charge in [-0.05, 0) is 41.3 Å². The summed E-state index contributed by atoms with van der Waals surface area (Å²) in [6.45, 7) is 3.79. The van der Waals surface area contributed by atoms with E-state index in [2.05, 4.69) is 23.1 Å². The molecule has 0 unspecified atom stereocenters. The first kappa shape index (κ1) is 17.5. The average molecular weight is 382 g/mol. The van der Waals surface area contributed by atoms with Crippen LogP contribution in [0.15, 0.2) is 42.5 Å². The van der Waals surface area contributed by atoms with Crippen LogP contribution in [0.5, 0.6) is 5.75 Å². The Morgan fingerprint density at radius 3 is 2.75 bits per heavy atom. The second-order valence-electron chi connectivity index (χ2n) is 7.79. The summed E-state index contributed by atoms with van der Waals surface area (Å²) in [5.74, 6) is 0.761. The molecule has 3 aliphatic heterocycles. The Kier molecular flexibility index (Phi) is 4.43. The SMILES string of the molecule is O=C1O[C@@H]2CN(Cc3ccc4c(c3)CCO4)C[C@@H]2N1CCc1ccc(F)cc1. The summed E-state index contributed by atoms with van der Waals surface area (Å²) in [5, 5.41) is 0. The van der Waals surface area contributed by atoms with Crippen molar-refractivity contribution in [3.05, 3.63) is 65.0 Å². The number of halogens is 1. The lowest BCUT2D eigenvalue weighted by Crippen LogP contribution is -2.39. The van der Waals surface area contributed by atoms with E-state index in [1.54, 1.807) is 12.1 Å². The summed E-state index contributed by atoms with van der Waals surface area (Å²) >= 11 is 0. The molecule has 0 bridgehead atoms. The minimum atomic E-state index is -0.242. The molecule has 28 heavy (non-hydrogen) atoms. The van der Waals surface area contributed by atoms with Crippen molar-refractivity contribution in [2.24, 2.45) is 0 Å². The first-order valence-corrected chi connectivity index (χ1v) is 9.84. The molecule has 0 aromatic heterocycles. The molecule has 6 heteroatoms. The smallest absolute Gasteiger partial charge is 0.410 e. The highest BCUT2D eigenvalue weighted by Crippen LogP contribution is 2.30. The van der Waals surface area contributed by atoms with Crippen LogP contribution < -0.4 is 4.74 Å². The molecule has 0 spiro atoms. The summed E-state index contributed by atoms with van der Waals surface area (Å²) in [7, 11) is 0. The number of amides is 1. The van der Waals surface area contributed by atoms with Gasteiger partial charge in [-0.1, -0.05) is 24.3 Å². The number of fused-ring (bicyclic) bond motifs is 2. The van der Waals surface area contributed by atoms with Crippen LogP contribution in [-0.4, -0.2) is 54.3 Å². The van der Waals surface area contributed by atoms with E-state index in [0.29, 0.717) is 13.0 Å². The number of carbonyl (C=O) groups is 1. The highest BCUT2D eigenvalue weighted by Gasteiger charge is 2.47. The van der Waals surface area contributed by atoms with Gasteiger partial charge in [0.2, 0.25) is 0 Å². The van der Waals surface area contributed by atoms with Gasteiger partial charge in [-0.15, -0.1) is 0 Å². The maximum Gasteiger partial charge on any atom is 0.410 e.